The maximum absolute atomic E-state index is 13.6. The van der Waals surface area contributed by atoms with Crippen LogP contribution in [0, 0.1) is 25.5 Å². The van der Waals surface area contributed by atoms with Crippen LogP contribution in [0.15, 0.2) is 36.4 Å². The van der Waals surface area contributed by atoms with Crippen molar-refractivity contribution in [3.8, 4) is 5.75 Å². The van der Waals surface area contributed by atoms with Gasteiger partial charge in [-0.2, -0.15) is 0 Å². The predicted octanol–water partition coefficient (Wildman–Crippen LogP) is 3.92. The Labute approximate surface area is 123 Å². The Morgan fingerprint density at radius 2 is 1.86 bits per heavy atom. The average molecular weight is 291 g/mol. The molecule has 0 radical (unpaired) electrons. The number of hydrogen-bond acceptors (Lipinski definition) is 2. The number of hydrogen-bond donors (Lipinski definition) is 1. The topological polar surface area (TPSA) is 21.3 Å². The third kappa shape index (κ3) is 3.79. The van der Waals surface area contributed by atoms with Gasteiger partial charge in [0.25, 0.3) is 0 Å². The first-order valence-corrected chi connectivity index (χ1v) is 6.83. The number of aryl methyl sites for hydroxylation is 2. The molecule has 0 aliphatic rings. The number of halogens is 2. The normalized spacial score (nSPS) is 12.2. The second-order valence-electron chi connectivity index (χ2n) is 5.09. The molecular formula is C17H19F2NO. The predicted molar refractivity (Wildman–Crippen MR) is 79.6 cm³/mol. The molecular weight excluding hydrogens is 272 g/mol. The van der Waals surface area contributed by atoms with Crippen LogP contribution in [0.5, 0.6) is 5.75 Å². The van der Waals surface area contributed by atoms with Crippen LogP contribution < -0.4 is 10.1 Å². The van der Waals surface area contributed by atoms with E-state index in [4.69, 9.17) is 4.74 Å². The van der Waals surface area contributed by atoms with E-state index < -0.39 is 11.6 Å². The summed E-state index contributed by atoms with van der Waals surface area (Å²) in [5.41, 5.74) is 3.44. The van der Waals surface area contributed by atoms with Gasteiger partial charge in [-0.05, 0) is 44.2 Å². The van der Waals surface area contributed by atoms with E-state index in [1.165, 1.54) is 17.7 Å². The summed E-state index contributed by atoms with van der Waals surface area (Å²) in [4.78, 5) is 0. The molecule has 4 heteroatoms. The number of benzene rings is 2. The molecule has 0 spiro atoms. The third-order valence-electron chi connectivity index (χ3n) is 3.45. The van der Waals surface area contributed by atoms with E-state index in [1.807, 2.05) is 33.0 Å². The molecule has 0 heterocycles. The van der Waals surface area contributed by atoms with E-state index in [-0.39, 0.29) is 18.4 Å². The van der Waals surface area contributed by atoms with Crippen LogP contribution in [-0.4, -0.2) is 13.7 Å². The highest BCUT2D eigenvalue weighted by Crippen LogP contribution is 2.22. The number of nitrogens with one attached hydrogen (secondary N) is 1. The lowest BCUT2D eigenvalue weighted by atomic mass is 10.00. The van der Waals surface area contributed by atoms with Gasteiger partial charge >= 0.3 is 0 Å². The molecule has 1 atom stereocenters. The highest BCUT2D eigenvalue weighted by atomic mass is 19.1. The zero-order valence-electron chi connectivity index (χ0n) is 12.4. The summed E-state index contributed by atoms with van der Waals surface area (Å²) in [6, 6.07) is 9.42. The van der Waals surface area contributed by atoms with Crippen molar-refractivity contribution in [2.24, 2.45) is 0 Å². The maximum Gasteiger partial charge on any atom is 0.167 e. The van der Waals surface area contributed by atoms with E-state index in [1.54, 1.807) is 0 Å². The largest absolute Gasteiger partial charge is 0.489 e. The highest BCUT2D eigenvalue weighted by molar-refractivity contribution is 5.33. The second kappa shape index (κ2) is 6.68. The van der Waals surface area contributed by atoms with E-state index in [2.05, 4.69) is 11.4 Å². The molecule has 0 fully saturated rings. The lowest BCUT2D eigenvalue weighted by Crippen LogP contribution is -2.24. The van der Waals surface area contributed by atoms with E-state index in [0.29, 0.717) is 0 Å². The van der Waals surface area contributed by atoms with Gasteiger partial charge in [0.2, 0.25) is 0 Å². The molecule has 0 aromatic heterocycles. The van der Waals surface area contributed by atoms with Gasteiger partial charge in [0.05, 0.1) is 6.04 Å². The number of likely N-dealkylation sites (N-methyl/N-ethyl adjacent to an activating group) is 1. The summed E-state index contributed by atoms with van der Waals surface area (Å²) in [7, 11) is 1.83. The Morgan fingerprint density at radius 1 is 1.10 bits per heavy atom. The van der Waals surface area contributed by atoms with Gasteiger partial charge in [-0.25, -0.2) is 8.78 Å². The van der Waals surface area contributed by atoms with Crippen LogP contribution in [0.25, 0.3) is 0 Å². The Balaban J connectivity index is 2.12. The molecule has 0 aliphatic heterocycles. The molecule has 2 aromatic carbocycles. The molecule has 1 unspecified atom stereocenters. The molecule has 0 amide bonds. The smallest absolute Gasteiger partial charge is 0.167 e. The first-order chi connectivity index (χ1) is 10.0. The zero-order valence-corrected chi connectivity index (χ0v) is 12.4. The fraction of sp³-hybridized carbons (Fsp3) is 0.294. The number of ether oxygens (including phenoxy) is 1. The molecule has 0 aliphatic carbocycles. The Bertz CT molecular complexity index is 628. The summed E-state index contributed by atoms with van der Waals surface area (Å²) in [6.45, 7) is 4.34. The minimum absolute atomic E-state index is 0.0569. The quantitative estimate of drug-likeness (QED) is 0.901. The van der Waals surface area contributed by atoms with Crippen molar-refractivity contribution < 1.29 is 13.5 Å². The van der Waals surface area contributed by atoms with Crippen molar-refractivity contribution in [1.29, 1.82) is 0 Å². The standard InChI is InChI=1S/C17H19F2NO/c1-11-4-6-14(12(2)8-11)16(20-3)10-21-17-7-5-13(18)9-15(17)19/h4-9,16,20H,10H2,1-3H3. The fourth-order valence-electron chi connectivity index (χ4n) is 2.31. The van der Waals surface area contributed by atoms with E-state index in [0.717, 1.165) is 17.2 Å². The lowest BCUT2D eigenvalue weighted by molar-refractivity contribution is 0.260. The monoisotopic (exact) mass is 291 g/mol. The van der Waals surface area contributed by atoms with Crippen LogP contribution in [0.3, 0.4) is 0 Å². The fourth-order valence-corrected chi connectivity index (χ4v) is 2.31. The second-order valence-corrected chi connectivity index (χ2v) is 5.09. The number of rotatable bonds is 5. The van der Waals surface area contributed by atoms with Gasteiger partial charge in [-0.15, -0.1) is 0 Å². The summed E-state index contributed by atoms with van der Waals surface area (Å²) in [5, 5.41) is 3.16. The van der Waals surface area contributed by atoms with Gasteiger partial charge in [-0.1, -0.05) is 23.8 Å². The molecule has 1 N–H and O–H groups in total. The minimum Gasteiger partial charge on any atom is -0.489 e. The van der Waals surface area contributed by atoms with Crippen LogP contribution in [0.2, 0.25) is 0 Å². The minimum atomic E-state index is -0.689. The van der Waals surface area contributed by atoms with Crippen molar-refractivity contribution in [3.05, 3.63) is 64.7 Å². The molecule has 2 nitrogen and oxygen atoms in total. The highest BCUT2D eigenvalue weighted by Gasteiger charge is 2.14. The van der Waals surface area contributed by atoms with Crippen molar-refractivity contribution in [2.75, 3.05) is 13.7 Å². The third-order valence-corrected chi connectivity index (χ3v) is 3.45. The van der Waals surface area contributed by atoms with Crippen molar-refractivity contribution >= 4 is 0 Å². The lowest BCUT2D eigenvalue weighted by Gasteiger charge is -2.20. The van der Waals surface area contributed by atoms with Crippen LogP contribution >= 0.6 is 0 Å². The maximum atomic E-state index is 13.6. The SMILES string of the molecule is CNC(COc1ccc(F)cc1F)c1ccc(C)cc1C. The molecule has 0 bridgehead atoms. The van der Waals surface area contributed by atoms with Gasteiger partial charge < -0.3 is 10.1 Å². The van der Waals surface area contributed by atoms with Gasteiger partial charge in [0.15, 0.2) is 11.6 Å². The van der Waals surface area contributed by atoms with Crippen LogP contribution in [-0.2, 0) is 0 Å². The molecule has 2 aromatic rings. The van der Waals surface area contributed by atoms with Crippen molar-refractivity contribution in [1.82, 2.24) is 5.32 Å². The van der Waals surface area contributed by atoms with Gasteiger partial charge in [0, 0.05) is 6.07 Å². The van der Waals surface area contributed by atoms with E-state index >= 15 is 0 Å². The van der Waals surface area contributed by atoms with Crippen molar-refractivity contribution in [2.45, 2.75) is 19.9 Å². The molecule has 0 saturated heterocycles. The van der Waals surface area contributed by atoms with Gasteiger partial charge in [-0.3, -0.25) is 0 Å². The summed E-state index contributed by atoms with van der Waals surface area (Å²) in [5.74, 6) is -1.24. The van der Waals surface area contributed by atoms with Crippen LogP contribution in [0.4, 0.5) is 8.78 Å². The molecule has 2 rings (SSSR count). The Hall–Kier alpha value is -1.94. The molecule has 21 heavy (non-hydrogen) atoms. The first-order valence-electron chi connectivity index (χ1n) is 6.83. The zero-order chi connectivity index (χ0) is 15.4. The Kier molecular flexibility index (Phi) is 4.91. The Morgan fingerprint density at radius 3 is 2.48 bits per heavy atom. The van der Waals surface area contributed by atoms with Crippen LogP contribution in [0.1, 0.15) is 22.7 Å². The molecule has 112 valence electrons. The average Bonchev–Trinajstić information content (AvgIpc) is 2.43. The summed E-state index contributed by atoms with van der Waals surface area (Å²) >= 11 is 0. The first kappa shape index (κ1) is 15.4. The molecule has 0 saturated carbocycles. The van der Waals surface area contributed by atoms with E-state index in [9.17, 15) is 8.78 Å². The summed E-state index contributed by atoms with van der Waals surface area (Å²) < 4.78 is 31.9. The summed E-state index contributed by atoms with van der Waals surface area (Å²) in [6.07, 6.45) is 0. The van der Waals surface area contributed by atoms with Gasteiger partial charge in [0.1, 0.15) is 12.4 Å². The van der Waals surface area contributed by atoms with Crippen molar-refractivity contribution in [3.63, 3.8) is 0 Å².